The zero-order chi connectivity index (χ0) is 14.3. The average molecular weight is 286 g/mol. The summed E-state index contributed by atoms with van der Waals surface area (Å²) in [6.45, 7) is 0. The maximum Gasteiger partial charge on any atom is 0.242 e. The predicted octanol–water partition coefficient (Wildman–Crippen LogP) is 3.28. The third kappa shape index (κ3) is 1.91. The number of nitrogens with zero attached hydrogens (tertiary/aromatic N) is 1. The number of rotatable bonds is 1. The van der Waals surface area contributed by atoms with Crippen LogP contribution in [0.15, 0.2) is 48.5 Å². The van der Waals surface area contributed by atoms with E-state index in [1.54, 1.807) is 49.5 Å². The van der Waals surface area contributed by atoms with Crippen LogP contribution in [-0.2, 0) is 4.79 Å². The quantitative estimate of drug-likeness (QED) is 0.754. The van der Waals surface area contributed by atoms with Crippen LogP contribution in [-0.4, -0.2) is 18.7 Å². The molecular formula is C16H12ClNO2. The van der Waals surface area contributed by atoms with Gasteiger partial charge in [0.05, 0.1) is 5.69 Å². The highest BCUT2D eigenvalue weighted by Gasteiger charge is 2.38. The number of hydrogen-bond acceptors (Lipinski definition) is 2. The van der Waals surface area contributed by atoms with Crippen LogP contribution >= 0.6 is 11.6 Å². The Morgan fingerprint density at radius 2 is 1.80 bits per heavy atom. The lowest BCUT2D eigenvalue weighted by atomic mass is 9.85. The van der Waals surface area contributed by atoms with Gasteiger partial charge in [-0.3, -0.25) is 9.59 Å². The molecule has 1 aliphatic rings. The molecule has 2 aromatic carbocycles. The first-order valence-corrected chi connectivity index (χ1v) is 6.63. The molecule has 0 saturated heterocycles. The van der Waals surface area contributed by atoms with E-state index in [0.717, 1.165) is 0 Å². The number of fused-ring (bicyclic) bond motifs is 1. The maximum atomic E-state index is 12.6. The van der Waals surface area contributed by atoms with E-state index in [1.807, 2.05) is 6.07 Å². The van der Waals surface area contributed by atoms with Gasteiger partial charge in [-0.2, -0.15) is 0 Å². The number of carbonyl (C=O) groups is 2. The Hall–Kier alpha value is -2.13. The molecule has 20 heavy (non-hydrogen) atoms. The zero-order valence-corrected chi connectivity index (χ0v) is 11.6. The van der Waals surface area contributed by atoms with Crippen LogP contribution in [0.25, 0.3) is 0 Å². The van der Waals surface area contributed by atoms with E-state index >= 15 is 0 Å². The van der Waals surface area contributed by atoms with Gasteiger partial charge in [-0.1, -0.05) is 35.9 Å². The second-order valence-corrected chi connectivity index (χ2v) is 5.20. The monoisotopic (exact) mass is 285 g/mol. The van der Waals surface area contributed by atoms with Gasteiger partial charge in [0.25, 0.3) is 0 Å². The van der Waals surface area contributed by atoms with Crippen LogP contribution < -0.4 is 4.90 Å². The molecule has 0 aromatic heterocycles. The second-order valence-electron chi connectivity index (χ2n) is 4.77. The summed E-state index contributed by atoms with van der Waals surface area (Å²) in [5, 5.41) is 0.518. The number of para-hydroxylation sites is 1. The standard InChI is InChI=1S/C16H12ClNO2/c1-18-13-8-3-2-7-12(13)15(19)14(16(18)20)10-5-4-6-11(17)9-10/h2-9,14H,1H3. The Morgan fingerprint density at radius 1 is 1.05 bits per heavy atom. The summed E-state index contributed by atoms with van der Waals surface area (Å²) in [6, 6.07) is 14.0. The minimum Gasteiger partial charge on any atom is -0.314 e. The zero-order valence-electron chi connectivity index (χ0n) is 10.8. The highest BCUT2D eigenvalue weighted by atomic mass is 35.5. The van der Waals surface area contributed by atoms with Crippen molar-refractivity contribution < 1.29 is 9.59 Å². The van der Waals surface area contributed by atoms with Gasteiger partial charge in [-0.15, -0.1) is 0 Å². The van der Waals surface area contributed by atoms with Crippen LogP contribution in [0.5, 0.6) is 0 Å². The van der Waals surface area contributed by atoms with Crippen molar-refractivity contribution in [3.05, 3.63) is 64.7 Å². The van der Waals surface area contributed by atoms with Crippen LogP contribution in [0.4, 0.5) is 5.69 Å². The van der Waals surface area contributed by atoms with E-state index in [9.17, 15) is 9.59 Å². The lowest BCUT2D eigenvalue weighted by Crippen LogP contribution is -2.40. The van der Waals surface area contributed by atoms with Gasteiger partial charge in [-0.25, -0.2) is 0 Å². The molecule has 0 N–H and O–H groups in total. The molecule has 1 heterocycles. The Bertz CT molecular complexity index is 711. The molecule has 3 rings (SSSR count). The van der Waals surface area contributed by atoms with Crippen molar-refractivity contribution in [3.8, 4) is 0 Å². The Labute approximate surface area is 121 Å². The molecular weight excluding hydrogens is 274 g/mol. The minimum atomic E-state index is -0.811. The fourth-order valence-corrected chi connectivity index (χ4v) is 2.73. The van der Waals surface area contributed by atoms with Gasteiger partial charge in [0.1, 0.15) is 5.92 Å². The summed E-state index contributed by atoms with van der Waals surface area (Å²) in [6.07, 6.45) is 0. The minimum absolute atomic E-state index is 0.175. The summed E-state index contributed by atoms with van der Waals surface area (Å²) in [5.41, 5.74) is 1.86. The van der Waals surface area contributed by atoms with Crippen molar-refractivity contribution in [1.82, 2.24) is 0 Å². The average Bonchev–Trinajstić information content (AvgIpc) is 2.45. The van der Waals surface area contributed by atoms with Gasteiger partial charge < -0.3 is 4.90 Å². The largest absolute Gasteiger partial charge is 0.314 e. The smallest absolute Gasteiger partial charge is 0.242 e. The number of hydrogen-bond donors (Lipinski definition) is 0. The fourth-order valence-electron chi connectivity index (χ4n) is 2.53. The molecule has 0 saturated carbocycles. The number of amides is 1. The van der Waals surface area contributed by atoms with Crippen LogP contribution in [0.2, 0.25) is 5.02 Å². The Balaban J connectivity index is 2.15. The number of likely N-dealkylation sites (N-methyl/N-ethyl adjacent to an activating group) is 1. The molecule has 0 spiro atoms. The lowest BCUT2D eigenvalue weighted by molar-refractivity contribution is -0.119. The third-order valence-electron chi connectivity index (χ3n) is 3.55. The van der Waals surface area contributed by atoms with Crippen molar-refractivity contribution in [2.24, 2.45) is 0 Å². The summed E-state index contributed by atoms with van der Waals surface area (Å²) in [5.74, 6) is -1.21. The highest BCUT2D eigenvalue weighted by Crippen LogP contribution is 2.35. The van der Waals surface area contributed by atoms with E-state index in [-0.39, 0.29) is 11.7 Å². The first-order valence-electron chi connectivity index (χ1n) is 6.26. The normalized spacial score (nSPS) is 18.1. The molecule has 1 aliphatic heterocycles. The first kappa shape index (κ1) is 12.9. The Morgan fingerprint density at radius 3 is 2.55 bits per heavy atom. The van der Waals surface area contributed by atoms with E-state index in [0.29, 0.717) is 21.8 Å². The van der Waals surface area contributed by atoms with Crippen molar-refractivity contribution in [2.45, 2.75) is 5.92 Å². The molecule has 4 heteroatoms. The summed E-state index contributed by atoms with van der Waals surface area (Å²) in [7, 11) is 1.69. The second kappa shape index (κ2) is 4.76. The van der Waals surface area contributed by atoms with E-state index in [1.165, 1.54) is 4.90 Å². The molecule has 1 atom stereocenters. The SMILES string of the molecule is CN1C(=O)C(c2cccc(Cl)c2)C(=O)c2ccccc21. The molecule has 0 fully saturated rings. The molecule has 100 valence electrons. The molecule has 1 amide bonds. The van der Waals surface area contributed by atoms with Crippen LogP contribution in [0.3, 0.4) is 0 Å². The number of anilines is 1. The summed E-state index contributed by atoms with van der Waals surface area (Å²) in [4.78, 5) is 26.6. The fraction of sp³-hybridized carbons (Fsp3) is 0.125. The molecule has 1 unspecified atom stereocenters. The molecule has 0 radical (unpaired) electrons. The van der Waals surface area contributed by atoms with Crippen molar-refractivity contribution >= 4 is 29.0 Å². The van der Waals surface area contributed by atoms with E-state index in [4.69, 9.17) is 11.6 Å². The van der Waals surface area contributed by atoms with Crippen molar-refractivity contribution in [1.29, 1.82) is 0 Å². The number of halogens is 1. The van der Waals surface area contributed by atoms with Crippen molar-refractivity contribution in [2.75, 3.05) is 11.9 Å². The lowest BCUT2D eigenvalue weighted by Gasteiger charge is -2.30. The topological polar surface area (TPSA) is 37.4 Å². The van der Waals surface area contributed by atoms with E-state index < -0.39 is 5.92 Å². The molecule has 2 aromatic rings. The highest BCUT2D eigenvalue weighted by molar-refractivity contribution is 6.31. The number of Topliss-reactive ketones (excluding diaryl/α,β-unsaturated/α-hetero) is 1. The number of carbonyl (C=O) groups excluding carboxylic acids is 2. The maximum absolute atomic E-state index is 12.6. The van der Waals surface area contributed by atoms with Gasteiger partial charge in [0, 0.05) is 17.6 Å². The molecule has 0 aliphatic carbocycles. The number of ketones is 1. The van der Waals surface area contributed by atoms with Gasteiger partial charge in [0.15, 0.2) is 5.78 Å². The summed E-state index contributed by atoms with van der Waals surface area (Å²) < 4.78 is 0. The van der Waals surface area contributed by atoms with Gasteiger partial charge in [0.2, 0.25) is 5.91 Å². The van der Waals surface area contributed by atoms with Gasteiger partial charge >= 0.3 is 0 Å². The third-order valence-corrected chi connectivity index (χ3v) is 3.79. The predicted molar refractivity (Wildman–Crippen MR) is 78.4 cm³/mol. The van der Waals surface area contributed by atoms with Gasteiger partial charge in [-0.05, 0) is 29.8 Å². The van der Waals surface area contributed by atoms with E-state index in [2.05, 4.69) is 0 Å². The van der Waals surface area contributed by atoms with Crippen LogP contribution in [0.1, 0.15) is 21.8 Å². The number of benzene rings is 2. The van der Waals surface area contributed by atoms with Crippen molar-refractivity contribution in [3.63, 3.8) is 0 Å². The first-order chi connectivity index (χ1) is 9.59. The van der Waals surface area contributed by atoms with Crippen LogP contribution in [0, 0.1) is 0 Å². The molecule has 3 nitrogen and oxygen atoms in total. The summed E-state index contributed by atoms with van der Waals surface area (Å²) >= 11 is 5.96. The molecule has 0 bridgehead atoms. The Kier molecular flexibility index (Phi) is 3.07.